The van der Waals surface area contributed by atoms with Crippen LogP contribution in [0.3, 0.4) is 0 Å². The smallest absolute Gasteiger partial charge is 0.207 e. The van der Waals surface area contributed by atoms with E-state index < -0.39 is 10.0 Å². The van der Waals surface area contributed by atoms with Gasteiger partial charge in [-0.25, -0.2) is 8.42 Å². The third-order valence-electron chi connectivity index (χ3n) is 4.41. The van der Waals surface area contributed by atoms with Crippen molar-refractivity contribution in [1.29, 1.82) is 0 Å². The lowest BCUT2D eigenvalue weighted by Gasteiger charge is -2.29. The summed E-state index contributed by atoms with van der Waals surface area (Å²) < 4.78 is 28.0. The summed E-state index contributed by atoms with van der Waals surface area (Å²) in [5.74, 6) is 0.432. The van der Waals surface area contributed by atoms with Crippen LogP contribution < -0.4 is 0 Å². The number of sulfonamides is 1. The van der Waals surface area contributed by atoms with E-state index in [0.29, 0.717) is 22.4 Å². The maximum Gasteiger partial charge on any atom is 0.243 e. The SMILES string of the molecule is CC(C)CC(C)N(CCCc1ccccc1)S(=O)(=O)c1ccc(Cl)cc1. The molecule has 142 valence electrons. The molecular formula is C21H28ClNO2S. The lowest BCUT2D eigenvalue weighted by Crippen LogP contribution is -2.40. The van der Waals surface area contributed by atoms with Crippen molar-refractivity contribution in [2.75, 3.05) is 6.54 Å². The average molecular weight is 394 g/mol. The molecule has 0 spiro atoms. The topological polar surface area (TPSA) is 37.4 Å². The summed E-state index contributed by atoms with van der Waals surface area (Å²) in [5.41, 5.74) is 1.23. The predicted octanol–water partition coefficient (Wildman–Crippen LogP) is 5.40. The molecule has 0 aliphatic carbocycles. The number of rotatable bonds is 9. The first kappa shape index (κ1) is 20.9. The molecule has 0 amide bonds. The van der Waals surface area contributed by atoms with Gasteiger partial charge in [-0.15, -0.1) is 0 Å². The van der Waals surface area contributed by atoms with E-state index in [1.165, 1.54) is 5.56 Å². The van der Waals surface area contributed by atoms with Gasteiger partial charge in [-0.3, -0.25) is 0 Å². The van der Waals surface area contributed by atoms with Crippen LogP contribution in [0.5, 0.6) is 0 Å². The number of aryl methyl sites for hydroxylation is 1. The second kappa shape index (κ2) is 9.54. The lowest BCUT2D eigenvalue weighted by molar-refractivity contribution is 0.294. The quantitative estimate of drug-likeness (QED) is 0.572. The van der Waals surface area contributed by atoms with Gasteiger partial charge in [0, 0.05) is 17.6 Å². The minimum atomic E-state index is -3.54. The number of nitrogens with zero attached hydrogens (tertiary/aromatic N) is 1. The molecule has 0 aliphatic rings. The van der Waals surface area contributed by atoms with Gasteiger partial charge < -0.3 is 0 Å². The Morgan fingerprint density at radius 1 is 0.962 bits per heavy atom. The van der Waals surface area contributed by atoms with Gasteiger partial charge in [-0.2, -0.15) is 4.31 Å². The fraction of sp³-hybridized carbons (Fsp3) is 0.429. The molecule has 1 unspecified atom stereocenters. The normalized spacial score (nSPS) is 13.3. The molecule has 1 atom stereocenters. The first-order chi connectivity index (χ1) is 12.3. The van der Waals surface area contributed by atoms with Crippen molar-refractivity contribution in [2.45, 2.75) is 51.0 Å². The average Bonchev–Trinajstić information content (AvgIpc) is 2.59. The van der Waals surface area contributed by atoms with Crippen LogP contribution in [0.15, 0.2) is 59.5 Å². The summed E-state index contributed by atoms with van der Waals surface area (Å²) in [6.07, 6.45) is 2.49. The van der Waals surface area contributed by atoms with Crippen LogP contribution in [0.25, 0.3) is 0 Å². The van der Waals surface area contributed by atoms with E-state index in [0.717, 1.165) is 19.3 Å². The van der Waals surface area contributed by atoms with Crippen molar-refractivity contribution in [2.24, 2.45) is 5.92 Å². The highest BCUT2D eigenvalue weighted by Crippen LogP contribution is 2.23. The van der Waals surface area contributed by atoms with E-state index in [9.17, 15) is 8.42 Å². The van der Waals surface area contributed by atoms with Crippen molar-refractivity contribution < 1.29 is 8.42 Å². The van der Waals surface area contributed by atoms with Gasteiger partial charge in [0.05, 0.1) is 4.90 Å². The summed E-state index contributed by atoms with van der Waals surface area (Å²) in [6, 6.07) is 16.6. The van der Waals surface area contributed by atoms with Crippen LogP contribution in [0.4, 0.5) is 0 Å². The molecule has 2 aromatic carbocycles. The predicted molar refractivity (Wildman–Crippen MR) is 109 cm³/mol. The van der Waals surface area contributed by atoms with E-state index >= 15 is 0 Å². The molecule has 5 heteroatoms. The second-order valence-electron chi connectivity index (χ2n) is 7.14. The third kappa shape index (κ3) is 5.83. The van der Waals surface area contributed by atoms with Crippen LogP contribution in [0.2, 0.25) is 5.02 Å². The van der Waals surface area contributed by atoms with E-state index in [4.69, 9.17) is 11.6 Å². The molecule has 2 rings (SSSR count). The molecular weight excluding hydrogens is 366 g/mol. The molecule has 2 aromatic rings. The van der Waals surface area contributed by atoms with Crippen molar-refractivity contribution >= 4 is 21.6 Å². The number of hydrogen-bond donors (Lipinski definition) is 0. The van der Waals surface area contributed by atoms with Crippen molar-refractivity contribution in [3.63, 3.8) is 0 Å². The third-order valence-corrected chi connectivity index (χ3v) is 6.69. The Balaban J connectivity index is 2.18. The molecule has 0 heterocycles. The highest BCUT2D eigenvalue weighted by atomic mass is 35.5. The zero-order valence-electron chi connectivity index (χ0n) is 15.7. The summed E-state index contributed by atoms with van der Waals surface area (Å²) in [6.45, 7) is 6.74. The zero-order chi connectivity index (χ0) is 19.2. The summed E-state index contributed by atoms with van der Waals surface area (Å²) in [5, 5.41) is 0.537. The first-order valence-corrected chi connectivity index (χ1v) is 10.9. The van der Waals surface area contributed by atoms with Gasteiger partial charge in [0.1, 0.15) is 0 Å². The molecule has 0 fully saturated rings. The van der Waals surface area contributed by atoms with Crippen LogP contribution in [-0.4, -0.2) is 25.3 Å². The van der Waals surface area contributed by atoms with Gasteiger partial charge in [0.15, 0.2) is 0 Å². The molecule has 26 heavy (non-hydrogen) atoms. The fourth-order valence-corrected chi connectivity index (χ4v) is 5.01. The Morgan fingerprint density at radius 3 is 2.15 bits per heavy atom. The zero-order valence-corrected chi connectivity index (χ0v) is 17.3. The van der Waals surface area contributed by atoms with Gasteiger partial charge in [-0.1, -0.05) is 55.8 Å². The molecule has 0 aliphatic heterocycles. The summed E-state index contributed by atoms with van der Waals surface area (Å²) in [7, 11) is -3.54. The van der Waals surface area contributed by atoms with Crippen LogP contribution in [-0.2, 0) is 16.4 Å². The molecule has 0 bridgehead atoms. The maximum absolute atomic E-state index is 13.2. The lowest BCUT2D eigenvalue weighted by atomic mass is 10.0. The first-order valence-electron chi connectivity index (χ1n) is 9.12. The monoisotopic (exact) mass is 393 g/mol. The molecule has 0 saturated heterocycles. The van der Waals surface area contributed by atoms with Crippen LogP contribution >= 0.6 is 11.6 Å². The highest BCUT2D eigenvalue weighted by Gasteiger charge is 2.29. The van der Waals surface area contributed by atoms with E-state index in [1.807, 2.05) is 25.1 Å². The molecule has 0 radical (unpaired) electrons. The molecule has 0 N–H and O–H groups in total. The van der Waals surface area contributed by atoms with Gasteiger partial charge in [0.25, 0.3) is 0 Å². The van der Waals surface area contributed by atoms with E-state index in [2.05, 4.69) is 26.0 Å². The number of halogens is 1. The Labute approximate surface area is 163 Å². The minimum Gasteiger partial charge on any atom is -0.207 e. The van der Waals surface area contributed by atoms with Crippen molar-refractivity contribution in [1.82, 2.24) is 4.31 Å². The summed E-state index contributed by atoms with van der Waals surface area (Å²) >= 11 is 5.92. The second-order valence-corrected chi connectivity index (χ2v) is 9.46. The molecule has 0 saturated carbocycles. The van der Waals surface area contributed by atoms with Crippen molar-refractivity contribution in [3.8, 4) is 0 Å². The standard InChI is InChI=1S/C21H28ClNO2S/c1-17(2)16-18(3)23(15-7-10-19-8-5-4-6-9-19)26(24,25)21-13-11-20(22)12-14-21/h4-6,8-9,11-14,17-18H,7,10,15-16H2,1-3H3. The molecule has 3 nitrogen and oxygen atoms in total. The van der Waals surface area contributed by atoms with Crippen LogP contribution in [0, 0.1) is 5.92 Å². The molecule has 0 aromatic heterocycles. The fourth-order valence-electron chi connectivity index (χ4n) is 3.20. The Bertz CT molecular complexity index is 773. The number of benzene rings is 2. The van der Waals surface area contributed by atoms with E-state index in [-0.39, 0.29) is 6.04 Å². The van der Waals surface area contributed by atoms with Gasteiger partial charge >= 0.3 is 0 Å². The summed E-state index contributed by atoms with van der Waals surface area (Å²) in [4.78, 5) is 0.303. The highest BCUT2D eigenvalue weighted by molar-refractivity contribution is 7.89. The number of hydrogen-bond acceptors (Lipinski definition) is 2. The van der Waals surface area contributed by atoms with Crippen molar-refractivity contribution in [3.05, 3.63) is 65.2 Å². The Kier molecular flexibility index (Phi) is 7.69. The Hall–Kier alpha value is -1.36. The van der Waals surface area contributed by atoms with E-state index in [1.54, 1.807) is 28.6 Å². The maximum atomic E-state index is 13.2. The van der Waals surface area contributed by atoms with Gasteiger partial charge in [-0.05, 0) is 61.9 Å². The largest absolute Gasteiger partial charge is 0.243 e. The minimum absolute atomic E-state index is 0.0496. The van der Waals surface area contributed by atoms with Gasteiger partial charge in [0.2, 0.25) is 10.0 Å². The Morgan fingerprint density at radius 2 is 1.58 bits per heavy atom. The van der Waals surface area contributed by atoms with Crippen LogP contribution in [0.1, 0.15) is 39.2 Å².